The number of nitrogens with zero attached hydrogens (tertiary/aromatic N) is 3. The van der Waals surface area contributed by atoms with Crippen molar-refractivity contribution in [2.24, 2.45) is 5.73 Å². The van der Waals surface area contributed by atoms with Crippen LogP contribution in [0.3, 0.4) is 0 Å². The Balaban J connectivity index is 1.97. The fraction of sp³-hybridized carbons (Fsp3) is 0.235. The maximum atomic E-state index is 11.4. The minimum atomic E-state index is -0.987. The van der Waals surface area contributed by atoms with Crippen LogP contribution in [-0.2, 0) is 16.8 Å². The number of carbonyl (C=O) groups excluding carboxylic acids is 1. The number of hydrogen-bond acceptors (Lipinski definition) is 4. The first-order valence-electron chi connectivity index (χ1n) is 7.49. The van der Waals surface area contributed by atoms with Crippen molar-refractivity contribution in [3.8, 4) is 0 Å². The first-order valence-corrected chi connectivity index (χ1v) is 7.87. The van der Waals surface area contributed by atoms with Crippen LogP contribution in [0.2, 0.25) is 5.15 Å². The standard InChI is InChI=1S/C17H17ClN4O2/c1-17(24-16(19)23,8-7-12-5-3-2-4-6-12)15-21-10-13-9-20-14(18)11-22(13)15/h2-6,9-11H,7-8H2,1H3,(H2,19,23). The third-order valence-electron chi connectivity index (χ3n) is 3.91. The van der Waals surface area contributed by atoms with Crippen molar-refractivity contribution in [3.05, 3.63) is 65.5 Å². The van der Waals surface area contributed by atoms with Gasteiger partial charge in [0.2, 0.25) is 0 Å². The van der Waals surface area contributed by atoms with Crippen LogP contribution in [-0.4, -0.2) is 20.5 Å². The number of aromatic nitrogens is 3. The van der Waals surface area contributed by atoms with Crippen molar-refractivity contribution in [1.29, 1.82) is 0 Å². The molecule has 6 nitrogen and oxygen atoms in total. The van der Waals surface area contributed by atoms with E-state index in [4.69, 9.17) is 22.1 Å². The molecule has 1 unspecified atom stereocenters. The Morgan fingerprint density at radius 2 is 2.00 bits per heavy atom. The lowest BCUT2D eigenvalue weighted by Crippen LogP contribution is -2.34. The number of nitrogens with two attached hydrogens (primary N) is 1. The first-order chi connectivity index (χ1) is 11.5. The molecule has 24 heavy (non-hydrogen) atoms. The second-order valence-electron chi connectivity index (χ2n) is 5.72. The largest absolute Gasteiger partial charge is 0.435 e. The van der Waals surface area contributed by atoms with E-state index in [1.165, 1.54) is 0 Å². The summed E-state index contributed by atoms with van der Waals surface area (Å²) in [5.74, 6) is 0.552. The highest BCUT2D eigenvalue weighted by Gasteiger charge is 2.34. The number of ether oxygens (including phenoxy) is 1. The Labute approximate surface area is 144 Å². The second-order valence-corrected chi connectivity index (χ2v) is 6.11. The zero-order valence-electron chi connectivity index (χ0n) is 13.1. The summed E-state index contributed by atoms with van der Waals surface area (Å²) in [6.07, 6.45) is 5.30. The Morgan fingerprint density at radius 1 is 1.29 bits per heavy atom. The van der Waals surface area contributed by atoms with Gasteiger partial charge in [0.1, 0.15) is 5.15 Å². The van der Waals surface area contributed by atoms with Crippen molar-refractivity contribution >= 4 is 23.2 Å². The molecular weight excluding hydrogens is 328 g/mol. The summed E-state index contributed by atoms with van der Waals surface area (Å²) in [6.45, 7) is 1.80. The zero-order chi connectivity index (χ0) is 17.2. The second kappa shape index (κ2) is 6.49. The van der Waals surface area contributed by atoms with Gasteiger partial charge in [-0.15, -0.1) is 0 Å². The summed E-state index contributed by atoms with van der Waals surface area (Å²) < 4.78 is 7.21. The average molecular weight is 345 g/mol. The predicted molar refractivity (Wildman–Crippen MR) is 90.8 cm³/mol. The molecule has 2 aromatic heterocycles. The normalized spacial score (nSPS) is 13.6. The fourth-order valence-corrected chi connectivity index (χ4v) is 2.87. The molecule has 0 fully saturated rings. The Bertz CT molecular complexity index is 865. The molecule has 3 rings (SSSR count). The molecule has 2 N–H and O–H groups in total. The summed E-state index contributed by atoms with van der Waals surface area (Å²) in [4.78, 5) is 19.9. The van der Waals surface area contributed by atoms with E-state index in [9.17, 15) is 4.79 Å². The van der Waals surface area contributed by atoms with Gasteiger partial charge in [-0.25, -0.2) is 14.8 Å². The number of carbonyl (C=O) groups is 1. The van der Waals surface area contributed by atoms with Crippen molar-refractivity contribution in [2.45, 2.75) is 25.4 Å². The molecule has 0 aliphatic heterocycles. The van der Waals surface area contributed by atoms with E-state index in [-0.39, 0.29) is 0 Å². The summed E-state index contributed by atoms with van der Waals surface area (Å²) in [7, 11) is 0. The third-order valence-corrected chi connectivity index (χ3v) is 4.11. The molecular formula is C17H17ClN4O2. The highest BCUT2D eigenvalue weighted by atomic mass is 35.5. The number of rotatable bonds is 5. The van der Waals surface area contributed by atoms with E-state index in [1.54, 1.807) is 29.9 Å². The fourth-order valence-electron chi connectivity index (χ4n) is 2.72. The number of benzene rings is 1. The van der Waals surface area contributed by atoms with Crippen molar-refractivity contribution in [2.75, 3.05) is 0 Å². The summed E-state index contributed by atoms with van der Waals surface area (Å²) in [6, 6.07) is 9.94. The number of primary amides is 1. The van der Waals surface area contributed by atoms with Crippen LogP contribution in [0.5, 0.6) is 0 Å². The van der Waals surface area contributed by atoms with E-state index >= 15 is 0 Å². The molecule has 124 valence electrons. The van der Waals surface area contributed by atoms with Crippen molar-refractivity contribution < 1.29 is 9.53 Å². The molecule has 7 heteroatoms. The van der Waals surface area contributed by atoms with E-state index in [0.29, 0.717) is 23.8 Å². The molecule has 2 heterocycles. The Morgan fingerprint density at radius 3 is 2.71 bits per heavy atom. The van der Waals surface area contributed by atoms with Crippen molar-refractivity contribution in [3.63, 3.8) is 0 Å². The highest BCUT2D eigenvalue weighted by molar-refractivity contribution is 6.29. The van der Waals surface area contributed by atoms with Gasteiger partial charge in [0.25, 0.3) is 0 Å². The van der Waals surface area contributed by atoms with Crippen LogP contribution in [0.15, 0.2) is 48.9 Å². The molecule has 0 bridgehead atoms. The number of halogens is 1. The molecule has 0 spiro atoms. The number of fused-ring (bicyclic) bond motifs is 1. The van der Waals surface area contributed by atoms with Gasteiger partial charge < -0.3 is 10.5 Å². The number of hydrogen-bond donors (Lipinski definition) is 1. The lowest BCUT2D eigenvalue weighted by molar-refractivity contribution is 0.0139. The Kier molecular flexibility index (Phi) is 4.40. The molecule has 0 aliphatic rings. The van der Waals surface area contributed by atoms with Crippen LogP contribution >= 0.6 is 11.6 Å². The Hall–Kier alpha value is -2.60. The zero-order valence-corrected chi connectivity index (χ0v) is 13.9. The van der Waals surface area contributed by atoms with Crippen LogP contribution < -0.4 is 5.73 Å². The lowest BCUT2D eigenvalue weighted by atomic mass is 9.95. The number of amides is 1. The molecule has 1 amide bonds. The number of aryl methyl sites for hydroxylation is 1. The summed E-state index contributed by atoms with van der Waals surface area (Å²) in [5, 5.41) is 0.325. The van der Waals surface area contributed by atoms with Crippen LogP contribution in [0, 0.1) is 0 Å². The van der Waals surface area contributed by atoms with Gasteiger partial charge in [0, 0.05) is 6.20 Å². The number of imidazole rings is 1. The van der Waals surface area contributed by atoms with Gasteiger partial charge in [0.15, 0.2) is 11.4 Å². The molecule has 0 radical (unpaired) electrons. The highest BCUT2D eigenvalue weighted by Crippen LogP contribution is 2.30. The minimum Gasteiger partial charge on any atom is -0.435 e. The molecule has 0 saturated heterocycles. The smallest absolute Gasteiger partial charge is 0.405 e. The lowest BCUT2D eigenvalue weighted by Gasteiger charge is -2.27. The van der Waals surface area contributed by atoms with E-state index < -0.39 is 11.7 Å². The summed E-state index contributed by atoms with van der Waals surface area (Å²) >= 11 is 5.98. The predicted octanol–water partition coefficient (Wildman–Crippen LogP) is 3.33. The van der Waals surface area contributed by atoms with Crippen LogP contribution in [0.1, 0.15) is 24.7 Å². The molecule has 1 aromatic carbocycles. The van der Waals surface area contributed by atoms with Gasteiger partial charge >= 0.3 is 6.09 Å². The monoisotopic (exact) mass is 344 g/mol. The quantitative estimate of drug-likeness (QED) is 0.769. The van der Waals surface area contributed by atoms with Crippen LogP contribution in [0.4, 0.5) is 4.79 Å². The minimum absolute atomic E-state index is 0.325. The molecule has 0 saturated carbocycles. The van der Waals surface area contributed by atoms with Gasteiger partial charge in [-0.3, -0.25) is 4.40 Å². The average Bonchev–Trinajstić information content (AvgIpc) is 2.97. The van der Waals surface area contributed by atoms with Crippen molar-refractivity contribution in [1.82, 2.24) is 14.4 Å². The maximum Gasteiger partial charge on any atom is 0.405 e. The molecule has 0 aliphatic carbocycles. The topological polar surface area (TPSA) is 82.5 Å². The van der Waals surface area contributed by atoms with Gasteiger partial charge in [-0.2, -0.15) is 0 Å². The SMILES string of the molecule is CC(CCc1ccccc1)(OC(N)=O)c1ncc2cnc(Cl)cn12. The third kappa shape index (κ3) is 3.33. The van der Waals surface area contributed by atoms with Crippen LogP contribution in [0.25, 0.3) is 5.52 Å². The van der Waals surface area contributed by atoms with Gasteiger partial charge in [0.05, 0.1) is 17.9 Å². The molecule has 1 atom stereocenters. The van der Waals surface area contributed by atoms with E-state index in [1.807, 2.05) is 30.3 Å². The summed E-state index contributed by atoms with van der Waals surface area (Å²) in [5.41, 5.74) is 6.20. The van der Waals surface area contributed by atoms with Gasteiger partial charge in [-0.1, -0.05) is 41.9 Å². The van der Waals surface area contributed by atoms with E-state index in [0.717, 1.165) is 11.1 Å². The van der Waals surface area contributed by atoms with E-state index in [2.05, 4.69) is 9.97 Å². The molecule has 3 aromatic rings. The maximum absolute atomic E-state index is 11.4. The van der Waals surface area contributed by atoms with Gasteiger partial charge in [-0.05, 0) is 25.3 Å². The first kappa shape index (κ1) is 16.3.